The second kappa shape index (κ2) is 11.7. The van der Waals surface area contributed by atoms with Crippen molar-refractivity contribution in [1.29, 1.82) is 0 Å². The molecule has 0 aliphatic heterocycles. The predicted octanol–water partition coefficient (Wildman–Crippen LogP) is 5.50. The molecule has 2 aromatic heterocycles. The van der Waals surface area contributed by atoms with Gasteiger partial charge in [0.15, 0.2) is 0 Å². The molecule has 4 rings (SSSR count). The summed E-state index contributed by atoms with van der Waals surface area (Å²) >= 11 is 12.2. The number of carbonyl (C=O) groups excluding carboxylic acids is 2. The summed E-state index contributed by atoms with van der Waals surface area (Å²) in [6, 6.07) is 13.8. The van der Waals surface area contributed by atoms with Crippen LogP contribution in [0.1, 0.15) is 31.1 Å². The second-order valence-corrected chi connectivity index (χ2v) is 12.8. The summed E-state index contributed by atoms with van der Waals surface area (Å²) in [6.45, 7) is 4.49. The van der Waals surface area contributed by atoms with Crippen molar-refractivity contribution in [2.45, 2.75) is 31.3 Å². The number of ether oxygens (including phenoxy) is 1. The molecule has 0 saturated carbocycles. The molecule has 0 fully saturated rings. The van der Waals surface area contributed by atoms with Crippen LogP contribution < -0.4 is 4.31 Å². The number of anilines is 1. The fourth-order valence-electron chi connectivity index (χ4n) is 4.04. The van der Waals surface area contributed by atoms with E-state index in [4.69, 9.17) is 32.8 Å². The summed E-state index contributed by atoms with van der Waals surface area (Å²) in [7, 11) is -1.40. The number of halogens is 2. The van der Waals surface area contributed by atoms with Gasteiger partial charge in [0, 0.05) is 40.4 Å². The summed E-state index contributed by atoms with van der Waals surface area (Å²) in [4.78, 5) is 34.6. The minimum atomic E-state index is -4.30. The Morgan fingerprint density at radius 2 is 1.68 bits per heavy atom. The van der Waals surface area contributed by atoms with Crippen molar-refractivity contribution in [1.82, 2.24) is 14.6 Å². The van der Waals surface area contributed by atoms with Crippen LogP contribution in [0.3, 0.4) is 0 Å². The van der Waals surface area contributed by atoms with Gasteiger partial charge in [-0.05, 0) is 75.4 Å². The number of nitrogens with zero attached hydrogens (tertiary/aromatic N) is 4. The number of sulfonamides is 1. The molecule has 0 N–H and O–H groups in total. The van der Waals surface area contributed by atoms with E-state index in [1.165, 1.54) is 38.6 Å². The molecule has 0 radical (unpaired) electrons. The lowest BCUT2D eigenvalue weighted by Crippen LogP contribution is -2.39. The van der Waals surface area contributed by atoms with E-state index in [-0.39, 0.29) is 26.5 Å². The van der Waals surface area contributed by atoms with Gasteiger partial charge in [-0.1, -0.05) is 23.2 Å². The first kappa shape index (κ1) is 30.3. The molecule has 0 aliphatic rings. The number of amides is 1. The van der Waals surface area contributed by atoms with Gasteiger partial charge in [0.1, 0.15) is 18.0 Å². The predicted molar refractivity (Wildman–Crippen MR) is 157 cm³/mol. The Balaban J connectivity index is 1.78. The van der Waals surface area contributed by atoms with Crippen molar-refractivity contribution >= 4 is 61.7 Å². The third-order valence-electron chi connectivity index (χ3n) is 5.88. The fourth-order valence-corrected chi connectivity index (χ4v) is 6.17. The summed E-state index contributed by atoms with van der Waals surface area (Å²) < 4.78 is 35.8. The largest absolute Gasteiger partial charge is 0.459 e. The van der Waals surface area contributed by atoms with Crippen LogP contribution in [-0.2, 0) is 24.4 Å². The van der Waals surface area contributed by atoms with E-state index in [1.807, 2.05) is 0 Å². The zero-order valence-corrected chi connectivity index (χ0v) is 25.3. The molecule has 41 heavy (non-hydrogen) atoms. The fraction of sp³-hybridized carbons (Fsp3) is 0.250. The Morgan fingerprint density at radius 3 is 2.32 bits per heavy atom. The highest BCUT2D eigenvalue weighted by atomic mass is 35.5. The molecule has 4 aromatic rings. The van der Waals surface area contributed by atoms with Crippen LogP contribution in [0.2, 0.25) is 10.0 Å². The first-order valence-electron chi connectivity index (χ1n) is 12.3. The Kier molecular flexibility index (Phi) is 8.65. The van der Waals surface area contributed by atoms with Crippen LogP contribution in [0, 0.1) is 0 Å². The average molecular weight is 620 g/mol. The average Bonchev–Trinajstić information content (AvgIpc) is 3.32. The number of benzene rings is 2. The molecule has 1 amide bonds. The SMILES string of the molecule is CON(C)C(=O)c1ccnc(-n2ccc3cc(N(CC(=O)OC(C)(C)C)S(=O)(=O)c4cc(Cl)cc(Cl)c4)ccc32)c1. The van der Waals surface area contributed by atoms with Crippen molar-refractivity contribution < 1.29 is 27.6 Å². The molecule has 0 unspecified atom stereocenters. The Labute approximate surface area is 248 Å². The van der Waals surface area contributed by atoms with E-state index >= 15 is 0 Å². The zero-order valence-electron chi connectivity index (χ0n) is 23.0. The molecule has 13 heteroatoms. The lowest BCUT2D eigenvalue weighted by atomic mass is 10.2. The highest BCUT2D eigenvalue weighted by Crippen LogP contribution is 2.31. The zero-order chi connectivity index (χ0) is 30.1. The molecule has 2 aromatic carbocycles. The summed E-state index contributed by atoms with van der Waals surface area (Å²) in [5.41, 5.74) is 0.448. The number of pyridine rings is 1. The molecule has 0 bridgehead atoms. The quantitative estimate of drug-likeness (QED) is 0.189. The van der Waals surface area contributed by atoms with Crippen molar-refractivity contribution in [3.05, 3.63) is 82.6 Å². The third kappa shape index (κ3) is 6.82. The lowest BCUT2D eigenvalue weighted by Gasteiger charge is -2.26. The molecule has 0 spiro atoms. The normalized spacial score (nSPS) is 11.9. The second-order valence-electron chi connectivity index (χ2n) is 10.0. The first-order valence-corrected chi connectivity index (χ1v) is 14.5. The van der Waals surface area contributed by atoms with Gasteiger partial charge in [-0.15, -0.1) is 0 Å². The third-order valence-corrected chi connectivity index (χ3v) is 8.07. The van der Waals surface area contributed by atoms with E-state index < -0.39 is 28.1 Å². The van der Waals surface area contributed by atoms with Crippen molar-refractivity contribution in [2.24, 2.45) is 0 Å². The molecule has 0 saturated heterocycles. The number of rotatable bonds is 8. The number of esters is 1. The van der Waals surface area contributed by atoms with Crippen LogP contribution in [0.15, 0.2) is 71.9 Å². The van der Waals surface area contributed by atoms with E-state index in [0.717, 1.165) is 9.37 Å². The van der Waals surface area contributed by atoms with Gasteiger partial charge >= 0.3 is 5.97 Å². The maximum atomic E-state index is 13.8. The van der Waals surface area contributed by atoms with Crippen LogP contribution in [0.5, 0.6) is 0 Å². The smallest absolute Gasteiger partial charge is 0.327 e. The minimum Gasteiger partial charge on any atom is -0.459 e. The maximum absolute atomic E-state index is 13.8. The number of hydroxylamine groups is 2. The van der Waals surface area contributed by atoms with Gasteiger partial charge < -0.3 is 9.30 Å². The van der Waals surface area contributed by atoms with Crippen LogP contribution in [-0.4, -0.2) is 61.2 Å². The summed E-state index contributed by atoms with van der Waals surface area (Å²) in [5.74, 6) is -0.618. The van der Waals surface area contributed by atoms with E-state index in [9.17, 15) is 18.0 Å². The number of hydrogen-bond acceptors (Lipinski definition) is 7. The Bertz CT molecular complexity index is 1710. The maximum Gasteiger partial charge on any atom is 0.327 e. The van der Waals surface area contributed by atoms with Crippen LogP contribution in [0.4, 0.5) is 5.69 Å². The number of fused-ring (bicyclic) bond motifs is 1. The van der Waals surface area contributed by atoms with Crippen LogP contribution in [0.25, 0.3) is 16.7 Å². The van der Waals surface area contributed by atoms with Crippen molar-refractivity contribution in [3.63, 3.8) is 0 Å². The molecule has 0 atom stereocenters. The van der Waals surface area contributed by atoms with Crippen molar-refractivity contribution in [2.75, 3.05) is 25.0 Å². The minimum absolute atomic E-state index is 0.130. The van der Waals surface area contributed by atoms with E-state index in [1.54, 1.807) is 67.9 Å². The standard InChI is InChI=1S/C28H28Cl2N4O6S/c1-28(2,3)40-26(35)17-34(41(37,38)23-15-20(29)14-21(30)16-23)22-6-7-24-18(12-22)9-11-33(24)25-13-19(8-10-31-25)27(36)32(4)39-5/h6-16H,17H2,1-5H3. The van der Waals surface area contributed by atoms with Gasteiger partial charge in [-0.25, -0.2) is 18.5 Å². The van der Waals surface area contributed by atoms with E-state index in [2.05, 4.69) is 4.98 Å². The highest BCUT2D eigenvalue weighted by molar-refractivity contribution is 7.92. The van der Waals surface area contributed by atoms with E-state index in [0.29, 0.717) is 22.3 Å². The van der Waals surface area contributed by atoms with Gasteiger partial charge in [-0.2, -0.15) is 0 Å². The molecule has 0 aliphatic carbocycles. The van der Waals surface area contributed by atoms with Gasteiger partial charge in [0.25, 0.3) is 15.9 Å². The summed E-state index contributed by atoms with van der Waals surface area (Å²) in [5, 5.41) is 2.02. The number of aromatic nitrogens is 2. The Hall–Kier alpha value is -3.64. The van der Waals surface area contributed by atoms with Gasteiger partial charge in [-0.3, -0.25) is 18.7 Å². The molecule has 2 heterocycles. The van der Waals surface area contributed by atoms with Gasteiger partial charge in [0.05, 0.1) is 23.2 Å². The monoisotopic (exact) mass is 618 g/mol. The van der Waals surface area contributed by atoms with Gasteiger partial charge in [0.2, 0.25) is 0 Å². The van der Waals surface area contributed by atoms with Crippen LogP contribution >= 0.6 is 23.2 Å². The highest BCUT2D eigenvalue weighted by Gasteiger charge is 2.30. The van der Waals surface area contributed by atoms with Crippen molar-refractivity contribution in [3.8, 4) is 5.82 Å². The molecular formula is C28H28Cl2N4O6S. The molecular weight excluding hydrogens is 591 g/mol. The topological polar surface area (TPSA) is 111 Å². The number of carbonyl (C=O) groups is 2. The lowest BCUT2D eigenvalue weighted by molar-refractivity contribution is -0.152. The molecule has 216 valence electrons. The number of hydrogen-bond donors (Lipinski definition) is 0. The Morgan fingerprint density at radius 1 is 1.00 bits per heavy atom. The first-order chi connectivity index (χ1) is 19.2. The summed E-state index contributed by atoms with van der Waals surface area (Å²) in [6.07, 6.45) is 3.26. The molecule has 10 nitrogen and oxygen atoms in total.